The molecule has 0 bridgehead atoms. The molecule has 7 nitrogen and oxygen atoms in total. The zero-order valence-corrected chi connectivity index (χ0v) is 14.1. The van der Waals surface area contributed by atoms with Gasteiger partial charge in [-0.1, -0.05) is 18.2 Å². The number of non-ortho nitro benzene ring substituents is 1. The zero-order chi connectivity index (χ0) is 18.0. The van der Waals surface area contributed by atoms with E-state index in [0.29, 0.717) is 5.69 Å². The van der Waals surface area contributed by atoms with Crippen molar-refractivity contribution in [3.8, 4) is 5.75 Å². The fraction of sp³-hybridized carbons (Fsp3) is 0.278. The van der Waals surface area contributed by atoms with Gasteiger partial charge in [-0.3, -0.25) is 14.9 Å². The first kappa shape index (κ1) is 16.8. The summed E-state index contributed by atoms with van der Waals surface area (Å²) in [5, 5.41) is 13.7. The first-order chi connectivity index (χ1) is 12.0. The highest BCUT2D eigenvalue weighted by Crippen LogP contribution is 2.31. The molecule has 0 spiro atoms. The van der Waals surface area contributed by atoms with Crippen molar-refractivity contribution in [2.24, 2.45) is 0 Å². The molecule has 0 aromatic heterocycles. The van der Waals surface area contributed by atoms with Gasteiger partial charge in [0.15, 0.2) is 0 Å². The summed E-state index contributed by atoms with van der Waals surface area (Å²) in [5.41, 5.74) is 2.63. The Morgan fingerprint density at radius 3 is 2.80 bits per heavy atom. The standard InChI is InChI=1S/C18H19N3O4/c1-12(20-10-9-13-5-3-4-6-16(13)20)18(22)19-15-8-7-14(21(23)24)11-17(15)25-2/h3-8,11-12H,9-10H2,1-2H3,(H,19,22)/t12-/m1/s1. The number of para-hydroxylation sites is 1. The maximum atomic E-state index is 12.7. The molecule has 0 saturated carbocycles. The van der Waals surface area contributed by atoms with E-state index in [1.807, 2.05) is 25.1 Å². The number of rotatable bonds is 5. The smallest absolute Gasteiger partial charge is 0.273 e. The number of nitrogens with one attached hydrogen (secondary N) is 1. The Kier molecular flexibility index (Phi) is 4.56. The van der Waals surface area contributed by atoms with Crippen LogP contribution in [0.5, 0.6) is 5.75 Å². The highest BCUT2D eigenvalue weighted by molar-refractivity contribution is 5.98. The van der Waals surface area contributed by atoms with E-state index in [1.54, 1.807) is 0 Å². The second-order valence-corrected chi connectivity index (χ2v) is 5.88. The Morgan fingerprint density at radius 2 is 2.08 bits per heavy atom. The van der Waals surface area contributed by atoms with E-state index in [0.717, 1.165) is 18.7 Å². The number of benzene rings is 2. The molecule has 1 amide bonds. The molecule has 0 saturated heterocycles. The van der Waals surface area contributed by atoms with E-state index < -0.39 is 4.92 Å². The van der Waals surface area contributed by atoms with Gasteiger partial charge in [-0.2, -0.15) is 0 Å². The van der Waals surface area contributed by atoms with E-state index in [4.69, 9.17) is 4.74 Å². The molecule has 0 aliphatic carbocycles. The van der Waals surface area contributed by atoms with E-state index in [2.05, 4.69) is 16.3 Å². The minimum atomic E-state index is -0.502. The topological polar surface area (TPSA) is 84.7 Å². The molecule has 25 heavy (non-hydrogen) atoms. The third-order valence-corrected chi connectivity index (χ3v) is 4.42. The predicted octanol–water partition coefficient (Wildman–Crippen LogP) is 2.99. The van der Waals surface area contributed by atoms with Crippen molar-refractivity contribution in [1.82, 2.24) is 0 Å². The SMILES string of the molecule is COc1cc([N+](=O)[O-])ccc1NC(=O)[C@@H](C)N1CCc2ccccc21. The molecule has 0 radical (unpaired) electrons. The number of amides is 1. The highest BCUT2D eigenvalue weighted by atomic mass is 16.6. The van der Waals surface area contributed by atoms with Crippen molar-refractivity contribution in [3.05, 3.63) is 58.1 Å². The average molecular weight is 341 g/mol. The average Bonchev–Trinajstić information content (AvgIpc) is 3.05. The number of carbonyl (C=O) groups is 1. The van der Waals surface area contributed by atoms with Crippen molar-refractivity contribution in [3.63, 3.8) is 0 Å². The molecule has 1 aliphatic heterocycles. The maximum absolute atomic E-state index is 12.7. The van der Waals surface area contributed by atoms with Crippen molar-refractivity contribution >= 4 is 23.0 Å². The van der Waals surface area contributed by atoms with Crippen LogP contribution in [0.25, 0.3) is 0 Å². The molecule has 1 heterocycles. The Morgan fingerprint density at radius 1 is 1.32 bits per heavy atom. The first-order valence-corrected chi connectivity index (χ1v) is 7.99. The fourth-order valence-corrected chi connectivity index (χ4v) is 3.04. The Balaban J connectivity index is 1.77. The largest absolute Gasteiger partial charge is 0.494 e. The summed E-state index contributed by atoms with van der Waals surface area (Å²) in [5.74, 6) is 0.0698. The van der Waals surface area contributed by atoms with Crippen LogP contribution in [0.3, 0.4) is 0 Å². The van der Waals surface area contributed by atoms with E-state index >= 15 is 0 Å². The number of anilines is 2. The number of fused-ring (bicyclic) bond motifs is 1. The van der Waals surface area contributed by atoms with Gasteiger partial charge in [-0.15, -0.1) is 0 Å². The van der Waals surface area contributed by atoms with Crippen molar-refractivity contribution < 1.29 is 14.5 Å². The van der Waals surface area contributed by atoms with Gasteiger partial charge >= 0.3 is 0 Å². The summed E-state index contributed by atoms with van der Waals surface area (Å²) in [7, 11) is 1.41. The fourth-order valence-electron chi connectivity index (χ4n) is 3.04. The monoisotopic (exact) mass is 341 g/mol. The van der Waals surface area contributed by atoms with Crippen LogP contribution in [0.2, 0.25) is 0 Å². The molecule has 130 valence electrons. The lowest BCUT2D eigenvalue weighted by molar-refractivity contribution is -0.384. The first-order valence-electron chi connectivity index (χ1n) is 7.99. The quantitative estimate of drug-likeness (QED) is 0.667. The normalized spacial score (nSPS) is 13.9. The van der Waals surface area contributed by atoms with Crippen LogP contribution in [0.4, 0.5) is 17.1 Å². The summed E-state index contributed by atoms with van der Waals surface area (Å²) in [6.07, 6.45) is 0.911. The molecule has 1 N–H and O–H groups in total. The molecular formula is C18H19N3O4. The van der Waals surface area contributed by atoms with Gasteiger partial charge < -0.3 is 15.0 Å². The van der Waals surface area contributed by atoms with E-state index in [1.165, 1.54) is 30.9 Å². The molecule has 2 aromatic rings. The number of nitro groups is 1. The van der Waals surface area contributed by atoms with Gasteiger partial charge in [0.25, 0.3) is 5.69 Å². The van der Waals surface area contributed by atoms with Crippen molar-refractivity contribution in [2.45, 2.75) is 19.4 Å². The lowest BCUT2D eigenvalue weighted by Crippen LogP contribution is -2.41. The second kappa shape index (κ2) is 6.80. The van der Waals surface area contributed by atoms with Gasteiger partial charge in [-0.25, -0.2) is 0 Å². The van der Waals surface area contributed by atoms with Crippen LogP contribution in [-0.4, -0.2) is 30.5 Å². The number of nitrogens with zero attached hydrogens (tertiary/aromatic N) is 2. The van der Waals surface area contributed by atoms with Crippen LogP contribution in [0, 0.1) is 10.1 Å². The molecule has 0 unspecified atom stereocenters. The lowest BCUT2D eigenvalue weighted by atomic mass is 10.1. The number of methoxy groups -OCH3 is 1. The molecule has 2 aromatic carbocycles. The van der Waals surface area contributed by atoms with E-state index in [9.17, 15) is 14.9 Å². The molecule has 7 heteroatoms. The van der Waals surface area contributed by atoms with E-state index in [-0.39, 0.29) is 23.4 Å². The van der Waals surface area contributed by atoms with Crippen molar-refractivity contribution in [1.29, 1.82) is 0 Å². The molecular weight excluding hydrogens is 322 g/mol. The zero-order valence-electron chi connectivity index (χ0n) is 14.1. The number of nitro benzene ring substituents is 1. The summed E-state index contributed by atoms with van der Waals surface area (Å²) >= 11 is 0. The molecule has 1 aliphatic rings. The summed E-state index contributed by atoms with van der Waals surface area (Å²) in [6, 6.07) is 11.8. The number of hydrogen-bond acceptors (Lipinski definition) is 5. The Bertz CT molecular complexity index is 822. The third-order valence-electron chi connectivity index (χ3n) is 4.42. The minimum absolute atomic E-state index is 0.0867. The van der Waals surface area contributed by atoms with Crippen LogP contribution in [-0.2, 0) is 11.2 Å². The summed E-state index contributed by atoms with van der Waals surface area (Å²) in [6.45, 7) is 2.63. The second-order valence-electron chi connectivity index (χ2n) is 5.88. The Hall–Kier alpha value is -3.09. The maximum Gasteiger partial charge on any atom is 0.273 e. The third kappa shape index (κ3) is 3.26. The van der Waals surface area contributed by atoms with Gasteiger partial charge in [0.05, 0.1) is 23.8 Å². The molecule has 1 atom stereocenters. The van der Waals surface area contributed by atoms with Gasteiger partial charge in [0.1, 0.15) is 11.8 Å². The van der Waals surface area contributed by atoms with Crippen LogP contribution >= 0.6 is 0 Å². The molecule has 3 rings (SSSR count). The number of carbonyl (C=O) groups excluding carboxylic acids is 1. The minimum Gasteiger partial charge on any atom is -0.494 e. The van der Waals surface area contributed by atoms with Crippen LogP contribution in [0.1, 0.15) is 12.5 Å². The van der Waals surface area contributed by atoms with Gasteiger partial charge in [-0.05, 0) is 31.0 Å². The van der Waals surface area contributed by atoms with Crippen LogP contribution < -0.4 is 15.0 Å². The molecule has 0 fully saturated rings. The highest BCUT2D eigenvalue weighted by Gasteiger charge is 2.28. The van der Waals surface area contributed by atoms with Gasteiger partial charge in [0.2, 0.25) is 5.91 Å². The lowest BCUT2D eigenvalue weighted by Gasteiger charge is -2.26. The van der Waals surface area contributed by atoms with Gasteiger partial charge in [0, 0.05) is 18.3 Å². The predicted molar refractivity (Wildman–Crippen MR) is 95.2 cm³/mol. The Labute approximate surface area is 145 Å². The summed E-state index contributed by atoms with van der Waals surface area (Å²) < 4.78 is 5.17. The van der Waals surface area contributed by atoms with Crippen molar-refractivity contribution in [2.75, 3.05) is 23.9 Å². The number of hydrogen-bond donors (Lipinski definition) is 1. The van der Waals surface area contributed by atoms with Crippen LogP contribution in [0.15, 0.2) is 42.5 Å². The number of ether oxygens (including phenoxy) is 1. The summed E-state index contributed by atoms with van der Waals surface area (Å²) in [4.78, 5) is 25.1.